The van der Waals surface area contributed by atoms with E-state index < -0.39 is 9.84 Å². The summed E-state index contributed by atoms with van der Waals surface area (Å²) in [7, 11) is -2.73. The highest BCUT2D eigenvalue weighted by Crippen LogP contribution is 2.25. The Morgan fingerprint density at radius 2 is 1.71 bits per heavy atom. The summed E-state index contributed by atoms with van der Waals surface area (Å²) in [6, 6.07) is 9.14. The highest BCUT2D eigenvalue weighted by molar-refractivity contribution is 7.91. The van der Waals surface area contributed by atoms with Crippen molar-refractivity contribution < 1.29 is 8.42 Å². The van der Waals surface area contributed by atoms with E-state index in [2.05, 4.69) is 43.0 Å². The smallest absolute Gasteiger partial charge is 0.150 e. The van der Waals surface area contributed by atoms with Gasteiger partial charge in [-0.25, -0.2) is 8.42 Å². The van der Waals surface area contributed by atoms with Gasteiger partial charge in [-0.15, -0.1) is 0 Å². The maximum Gasteiger partial charge on any atom is 0.150 e. The van der Waals surface area contributed by atoms with Crippen LogP contribution in [0, 0.1) is 11.8 Å². The molecule has 1 atom stereocenters. The summed E-state index contributed by atoms with van der Waals surface area (Å²) in [6.45, 7) is 7.71. The van der Waals surface area contributed by atoms with Crippen molar-refractivity contribution >= 4 is 9.84 Å². The number of rotatable bonds is 5. The Morgan fingerprint density at radius 1 is 1.04 bits per heavy atom. The molecule has 1 aromatic rings. The molecule has 0 unspecified atom stereocenters. The molecule has 2 saturated heterocycles. The Kier molecular flexibility index (Phi) is 5.66. The molecule has 1 aromatic carbocycles. The molecule has 2 aliphatic rings. The van der Waals surface area contributed by atoms with Crippen molar-refractivity contribution in [2.24, 2.45) is 11.8 Å². The van der Waals surface area contributed by atoms with Crippen LogP contribution in [0.1, 0.15) is 50.2 Å². The second-order valence-electron chi connectivity index (χ2n) is 8.11. The van der Waals surface area contributed by atoms with E-state index in [9.17, 15) is 8.42 Å². The summed E-state index contributed by atoms with van der Waals surface area (Å²) in [4.78, 5) is 2.49. The zero-order chi connectivity index (χ0) is 17.2. The summed E-state index contributed by atoms with van der Waals surface area (Å²) < 4.78 is 23.2. The number of hydrogen-bond acceptors (Lipinski definition) is 3. The number of hydrogen-bond donors (Lipinski definition) is 0. The van der Waals surface area contributed by atoms with Gasteiger partial charge in [0.2, 0.25) is 0 Å². The van der Waals surface area contributed by atoms with Crippen molar-refractivity contribution in [2.75, 3.05) is 31.1 Å². The van der Waals surface area contributed by atoms with Crippen molar-refractivity contribution in [1.82, 2.24) is 4.90 Å². The Labute approximate surface area is 147 Å². The average Bonchev–Trinajstić information content (AvgIpc) is 2.88. The lowest BCUT2D eigenvalue weighted by Gasteiger charge is -2.33. The van der Waals surface area contributed by atoms with E-state index in [-0.39, 0.29) is 0 Å². The third kappa shape index (κ3) is 4.82. The minimum atomic E-state index is -2.73. The fourth-order valence-electron chi connectivity index (χ4n) is 4.13. The van der Waals surface area contributed by atoms with Crippen molar-refractivity contribution in [2.45, 2.75) is 45.4 Å². The molecule has 0 amide bonds. The van der Waals surface area contributed by atoms with Crippen LogP contribution < -0.4 is 0 Å². The molecule has 0 saturated carbocycles. The molecule has 3 nitrogen and oxygen atoms in total. The largest absolute Gasteiger partial charge is 0.303 e. The number of sulfone groups is 1. The van der Waals surface area contributed by atoms with Crippen LogP contribution in [0.25, 0.3) is 0 Å². The van der Waals surface area contributed by atoms with Gasteiger partial charge in [-0.3, -0.25) is 0 Å². The predicted octanol–water partition coefficient (Wildman–Crippen LogP) is 3.50. The Balaban J connectivity index is 1.43. The quantitative estimate of drug-likeness (QED) is 0.816. The maximum atomic E-state index is 11.6. The number of benzene rings is 1. The fraction of sp³-hybridized carbons (Fsp3) is 0.700. The zero-order valence-corrected chi connectivity index (χ0v) is 15.9. The highest BCUT2D eigenvalue weighted by atomic mass is 32.2. The lowest BCUT2D eigenvalue weighted by molar-refractivity contribution is 0.165. The van der Waals surface area contributed by atoms with Gasteiger partial charge in [-0.1, -0.05) is 38.1 Å². The molecule has 2 fully saturated rings. The van der Waals surface area contributed by atoms with Crippen LogP contribution in [-0.2, 0) is 16.3 Å². The van der Waals surface area contributed by atoms with Gasteiger partial charge >= 0.3 is 0 Å². The lowest BCUT2D eigenvalue weighted by Crippen LogP contribution is -2.37. The first kappa shape index (κ1) is 17.9. The minimum absolute atomic E-state index is 0.370. The highest BCUT2D eigenvalue weighted by Gasteiger charge is 2.30. The normalized spacial score (nSPS) is 25.4. The van der Waals surface area contributed by atoms with E-state index in [1.165, 1.54) is 30.4 Å². The molecule has 4 heteroatoms. The van der Waals surface area contributed by atoms with Crippen LogP contribution in [0.3, 0.4) is 0 Å². The van der Waals surface area contributed by atoms with Crippen LogP contribution in [-0.4, -0.2) is 44.5 Å². The molecule has 0 radical (unpaired) electrons. The molecule has 24 heavy (non-hydrogen) atoms. The number of likely N-dealkylation sites (tertiary alicyclic amines) is 1. The van der Waals surface area contributed by atoms with Gasteiger partial charge < -0.3 is 4.90 Å². The van der Waals surface area contributed by atoms with Crippen molar-refractivity contribution in [3.63, 3.8) is 0 Å². The molecule has 0 aromatic heterocycles. The Bertz CT molecular complexity index is 628. The summed E-state index contributed by atoms with van der Waals surface area (Å²) in [5.41, 5.74) is 2.87. The minimum Gasteiger partial charge on any atom is -0.303 e. The van der Waals surface area contributed by atoms with Gasteiger partial charge in [-0.2, -0.15) is 0 Å². The van der Waals surface area contributed by atoms with E-state index in [0.717, 1.165) is 32.0 Å². The first-order valence-electron chi connectivity index (χ1n) is 9.43. The fourth-order valence-corrected chi connectivity index (χ4v) is 5.98. The first-order chi connectivity index (χ1) is 11.4. The molecule has 0 aliphatic carbocycles. The summed E-state index contributed by atoms with van der Waals surface area (Å²) in [6.07, 6.45) is 4.53. The SMILES string of the molecule is CC(C)c1ccc(CC2CCN(C[C@@H]3CCS(=O)(=O)C3)CC2)cc1. The van der Waals surface area contributed by atoms with Gasteiger partial charge in [0, 0.05) is 6.54 Å². The second-order valence-corrected chi connectivity index (χ2v) is 10.3. The molecule has 0 N–H and O–H groups in total. The van der Waals surface area contributed by atoms with Crippen LogP contribution in [0.15, 0.2) is 24.3 Å². The molecule has 2 heterocycles. The first-order valence-corrected chi connectivity index (χ1v) is 11.2. The molecule has 2 aliphatic heterocycles. The monoisotopic (exact) mass is 349 g/mol. The van der Waals surface area contributed by atoms with E-state index in [4.69, 9.17) is 0 Å². The molecule has 0 bridgehead atoms. The van der Waals surface area contributed by atoms with Gasteiger partial charge in [0.05, 0.1) is 11.5 Å². The Morgan fingerprint density at radius 3 is 2.25 bits per heavy atom. The third-order valence-electron chi connectivity index (χ3n) is 5.72. The molecule has 134 valence electrons. The van der Waals surface area contributed by atoms with Crippen LogP contribution >= 0.6 is 0 Å². The second kappa shape index (κ2) is 7.57. The van der Waals surface area contributed by atoms with Gasteiger partial charge in [0.15, 0.2) is 9.84 Å². The average molecular weight is 350 g/mol. The van der Waals surface area contributed by atoms with Crippen LogP contribution in [0.2, 0.25) is 0 Å². The predicted molar refractivity (Wildman–Crippen MR) is 100 cm³/mol. The standard InChI is InChI=1S/C20H31NO2S/c1-16(2)20-5-3-17(4-6-20)13-18-7-10-21(11-8-18)14-19-9-12-24(22,23)15-19/h3-6,16,18-19H,7-15H2,1-2H3/t19-/m0/s1. The molecule has 0 spiro atoms. The van der Waals surface area contributed by atoms with Crippen molar-refractivity contribution in [3.05, 3.63) is 35.4 Å². The molecular formula is C20H31NO2S. The van der Waals surface area contributed by atoms with E-state index in [0.29, 0.717) is 23.3 Å². The van der Waals surface area contributed by atoms with Crippen molar-refractivity contribution in [3.8, 4) is 0 Å². The molecule has 3 rings (SSSR count). The third-order valence-corrected chi connectivity index (χ3v) is 7.56. The van der Waals surface area contributed by atoms with E-state index >= 15 is 0 Å². The molecular weight excluding hydrogens is 318 g/mol. The van der Waals surface area contributed by atoms with E-state index in [1.807, 2.05) is 0 Å². The summed E-state index contributed by atoms with van der Waals surface area (Å²) >= 11 is 0. The van der Waals surface area contributed by atoms with Crippen molar-refractivity contribution in [1.29, 1.82) is 0 Å². The topological polar surface area (TPSA) is 37.4 Å². The van der Waals surface area contributed by atoms with Gasteiger partial charge in [-0.05, 0) is 67.7 Å². The van der Waals surface area contributed by atoms with Crippen LogP contribution in [0.5, 0.6) is 0 Å². The number of piperidine rings is 1. The Hall–Kier alpha value is -0.870. The lowest BCUT2D eigenvalue weighted by atomic mass is 9.89. The number of nitrogens with zero attached hydrogens (tertiary/aromatic N) is 1. The van der Waals surface area contributed by atoms with E-state index in [1.54, 1.807) is 0 Å². The maximum absolute atomic E-state index is 11.6. The summed E-state index contributed by atoms with van der Waals surface area (Å²) in [5.74, 6) is 2.56. The van der Waals surface area contributed by atoms with Crippen LogP contribution in [0.4, 0.5) is 0 Å². The summed E-state index contributed by atoms with van der Waals surface area (Å²) in [5, 5.41) is 0. The zero-order valence-electron chi connectivity index (χ0n) is 15.1. The van der Waals surface area contributed by atoms with Gasteiger partial charge in [0.25, 0.3) is 0 Å². The van der Waals surface area contributed by atoms with Gasteiger partial charge in [0.1, 0.15) is 0 Å².